The van der Waals surface area contributed by atoms with Crippen molar-refractivity contribution in [3.63, 3.8) is 0 Å². The molecule has 0 aliphatic heterocycles. The molecule has 0 bridgehead atoms. The molecule has 0 spiro atoms. The number of carbonyl (C=O) groups is 2. The van der Waals surface area contributed by atoms with E-state index in [2.05, 4.69) is 42.7 Å². The SMILES string of the molecule is CCCCCCCC/C=C/C/C=C/CCCCC(=O)OC[C@H](COP(=O)(O)OC[C@@H](O)CO)OC(=O)/C=C/C=C/CCCCCCCCCCCCC. The number of phosphoric acid groups is 1. The second-order valence-corrected chi connectivity index (χ2v) is 15.2. The first kappa shape index (κ1) is 50.9. The van der Waals surface area contributed by atoms with Crippen LogP contribution in [0.5, 0.6) is 0 Å². The van der Waals surface area contributed by atoms with E-state index in [0.717, 1.165) is 38.5 Å². The minimum absolute atomic E-state index is 0.179. The Hall–Kier alpha value is -2.07. The second-order valence-electron chi connectivity index (χ2n) is 13.7. The number of aliphatic hydroxyl groups excluding tert-OH is 2. The monoisotopic (exact) mass is 771 g/mol. The highest BCUT2D eigenvalue weighted by molar-refractivity contribution is 7.47. The summed E-state index contributed by atoms with van der Waals surface area (Å²) < 4.78 is 32.4. The predicted molar refractivity (Wildman–Crippen MR) is 214 cm³/mol. The van der Waals surface area contributed by atoms with Crippen LogP contribution in [0.1, 0.15) is 168 Å². The molecule has 0 amide bonds. The van der Waals surface area contributed by atoms with E-state index in [1.54, 1.807) is 12.2 Å². The van der Waals surface area contributed by atoms with E-state index in [4.69, 9.17) is 19.1 Å². The van der Waals surface area contributed by atoms with Crippen LogP contribution in [0.25, 0.3) is 0 Å². The number of unbranched alkanes of at least 4 members (excludes halogenated alkanes) is 19. The minimum atomic E-state index is -4.65. The molecular formula is C42H75O10P. The Balaban J connectivity index is 4.49. The molecule has 3 N–H and O–H groups in total. The summed E-state index contributed by atoms with van der Waals surface area (Å²) in [6, 6.07) is 0. The summed E-state index contributed by atoms with van der Waals surface area (Å²) in [5.74, 6) is -1.22. The van der Waals surface area contributed by atoms with E-state index in [-0.39, 0.29) is 13.0 Å². The lowest BCUT2D eigenvalue weighted by molar-refractivity contribution is -0.157. The lowest BCUT2D eigenvalue weighted by Crippen LogP contribution is -2.29. The van der Waals surface area contributed by atoms with Gasteiger partial charge >= 0.3 is 19.8 Å². The van der Waals surface area contributed by atoms with Gasteiger partial charge in [0.15, 0.2) is 6.10 Å². The molecule has 0 heterocycles. The number of phosphoric ester groups is 1. The van der Waals surface area contributed by atoms with E-state index >= 15 is 0 Å². The van der Waals surface area contributed by atoms with E-state index in [0.29, 0.717) is 6.42 Å². The molecular weight excluding hydrogens is 695 g/mol. The normalized spacial score (nSPS) is 14.4. The van der Waals surface area contributed by atoms with Gasteiger partial charge in [0.05, 0.1) is 19.8 Å². The van der Waals surface area contributed by atoms with Crippen LogP contribution in [0, 0.1) is 0 Å². The lowest BCUT2D eigenvalue weighted by Gasteiger charge is -2.19. The van der Waals surface area contributed by atoms with Crippen LogP contribution < -0.4 is 0 Å². The van der Waals surface area contributed by atoms with Crippen molar-refractivity contribution in [2.24, 2.45) is 0 Å². The molecule has 0 radical (unpaired) electrons. The Morgan fingerprint density at radius 3 is 1.66 bits per heavy atom. The summed E-state index contributed by atoms with van der Waals surface area (Å²) in [5, 5.41) is 18.3. The van der Waals surface area contributed by atoms with Gasteiger partial charge in [-0.25, -0.2) is 9.36 Å². The van der Waals surface area contributed by atoms with Gasteiger partial charge in [-0.05, 0) is 51.4 Å². The summed E-state index contributed by atoms with van der Waals surface area (Å²) in [6.07, 6.45) is 40.0. The topological polar surface area (TPSA) is 149 Å². The van der Waals surface area contributed by atoms with Gasteiger partial charge in [0.2, 0.25) is 0 Å². The van der Waals surface area contributed by atoms with Gasteiger partial charge in [0, 0.05) is 12.5 Å². The number of carbonyl (C=O) groups excluding carboxylic acids is 2. The van der Waals surface area contributed by atoms with Crippen LogP contribution in [0.3, 0.4) is 0 Å². The van der Waals surface area contributed by atoms with Gasteiger partial charge in [-0.15, -0.1) is 0 Å². The highest BCUT2D eigenvalue weighted by Crippen LogP contribution is 2.43. The number of esters is 2. The van der Waals surface area contributed by atoms with Crippen molar-refractivity contribution in [3.8, 4) is 0 Å². The fourth-order valence-corrected chi connectivity index (χ4v) is 6.13. The number of hydrogen-bond acceptors (Lipinski definition) is 9. The van der Waals surface area contributed by atoms with Crippen molar-refractivity contribution < 1.29 is 47.8 Å². The molecule has 0 saturated heterocycles. The first-order chi connectivity index (χ1) is 25.7. The average molecular weight is 771 g/mol. The minimum Gasteiger partial charge on any atom is -0.462 e. The smallest absolute Gasteiger partial charge is 0.462 e. The molecule has 0 aromatic heterocycles. The summed E-state index contributed by atoms with van der Waals surface area (Å²) in [6.45, 7) is 2.20. The van der Waals surface area contributed by atoms with E-state index in [1.165, 1.54) is 109 Å². The van der Waals surface area contributed by atoms with Gasteiger partial charge in [0.1, 0.15) is 12.7 Å². The Morgan fingerprint density at radius 2 is 1.11 bits per heavy atom. The average Bonchev–Trinajstić information content (AvgIpc) is 3.14. The largest absolute Gasteiger partial charge is 0.472 e. The first-order valence-corrected chi connectivity index (χ1v) is 22.1. The van der Waals surface area contributed by atoms with Crippen molar-refractivity contribution in [2.75, 3.05) is 26.4 Å². The molecule has 0 aliphatic carbocycles. The fraction of sp³-hybridized carbons (Fsp3) is 0.762. The van der Waals surface area contributed by atoms with Crippen molar-refractivity contribution in [1.29, 1.82) is 0 Å². The van der Waals surface area contributed by atoms with Crippen molar-refractivity contribution in [3.05, 3.63) is 48.6 Å². The predicted octanol–water partition coefficient (Wildman–Crippen LogP) is 10.6. The van der Waals surface area contributed by atoms with Crippen LogP contribution >= 0.6 is 7.82 Å². The van der Waals surface area contributed by atoms with Crippen molar-refractivity contribution in [2.45, 2.75) is 180 Å². The molecule has 53 heavy (non-hydrogen) atoms. The number of ether oxygens (including phenoxy) is 2. The highest BCUT2D eigenvalue weighted by Gasteiger charge is 2.26. The summed E-state index contributed by atoms with van der Waals surface area (Å²) in [7, 11) is -4.65. The van der Waals surface area contributed by atoms with Crippen LogP contribution in [-0.2, 0) is 32.7 Å². The van der Waals surface area contributed by atoms with Gasteiger partial charge < -0.3 is 24.6 Å². The number of allylic oxidation sites excluding steroid dienone is 7. The summed E-state index contributed by atoms with van der Waals surface area (Å²) in [4.78, 5) is 34.8. The molecule has 1 unspecified atom stereocenters. The summed E-state index contributed by atoms with van der Waals surface area (Å²) >= 11 is 0. The lowest BCUT2D eigenvalue weighted by atomic mass is 10.1. The Bertz CT molecular complexity index is 1030. The molecule has 0 fully saturated rings. The number of rotatable bonds is 38. The molecule has 0 aliphatic rings. The number of hydrogen-bond donors (Lipinski definition) is 3. The van der Waals surface area contributed by atoms with E-state index in [9.17, 15) is 24.2 Å². The summed E-state index contributed by atoms with van der Waals surface area (Å²) in [5.41, 5.74) is 0. The van der Waals surface area contributed by atoms with E-state index in [1.807, 2.05) is 6.08 Å². The molecule has 3 atom stereocenters. The maximum absolute atomic E-state index is 12.5. The van der Waals surface area contributed by atoms with Crippen LogP contribution in [0.15, 0.2) is 48.6 Å². The Kier molecular flexibility index (Phi) is 36.7. The van der Waals surface area contributed by atoms with Crippen LogP contribution in [0.4, 0.5) is 0 Å². The van der Waals surface area contributed by atoms with Crippen molar-refractivity contribution in [1.82, 2.24) is 0 Å². The quantitative estimate of drug-likeness (QED) is 0.0138. The molecule has 308 valence electrons. The molecule has 0 rings (SSSR count). The fourth-order valence-electron chi connectivity index (χ4n) is 5.34. The van der Waals surface area contributed by atoms with Gasteiger partial charge in [-0.2, -0.15) is 0 Å². The Labute approximate surface area is 322 Å². The zero-order valence-corrected chi connectivity index (χ0v) is 34.1. The number of aliphatic hydroxyl groups is 2. The highest BCUT2D eigenvalue weighted by atomic mass is 31.2. The van der Waals surface area contributed by atoms with Crippen LogP contribution in [-0.4, -0.2) is 65.7 Å². The molecule has 11 heteroatoms. The van der Waals surface area contributed by atoms with Gasteiger partial charge in [0.25, 0.3) is 0 Å². The van der Waals surface area contributed by atoms with Crippen molar-refractivity contribution >= 4 is 19.8 Å². The van der Waals surface area contributed by atoms with E-state index < -0.39 is 51.8 Å². The molecule has 0 aromatic rings. The van der Waals surface area contributed by atoms with Gasteiger partial charge in [-0.1, -0.05) is 153 Å². The first-order valence-electron chi connectivity index (χ1n) is 20.6. The zero-order valence-electron chi connectivity index (χ0n) is 33.2. The zero-order chi connectivity index (χ0) is 39.1. The van der Waals surface area contributed by atoms with Gasteiger partial charge in [-0.3, -0.25) is 13.8 Å². The molecule has 0 aromatic carbocycles. The maximum Gasteiger partial charge on any atom is 0.472 e. The standard InChI is InChI=1S/C42H75O10P/c1-3-5-7-9-11-13-15-17-19-21-23-25-27-29-31-33-41(45)49-37-40(38-51-53(47,48)50-36-39(44)35-43)52-42(46)34-32-30-28-26-24-22-20-18-16-14-12-10-8-6-4-2/h17,19,23,25,28,30,32,34,39-40,43-44H,3-16,18,20-22,24,26-27,29,31,33,35-38H2,1-2H3,(H,47,48)/b19-17+,25-23+,30-28+,34-32+/t39-,40+/m0/s1. The third-order valence-corrected chi connectivity index (χ3v) is 9.51. The Morgan fingerprint density at radius 1 is 0.623 bits per heavy atom. The maximum atomic E-state index is 12.5. The van der Waals surface area contributed by atoms with Crippen LogP contribution in [0.2, 0.25) is 0 Å². The molecule has 0 saturated carbocycles. The molecule has 10 nitrogen and oxygen atoms in total. The third-order valence-electron chi connectivity index (χ3n) is 8.56. The second kappa shape index (κ2) is 38.2. The third kappa shape index (κ3) is 38.0.